The fourth-order valence-corrected chi connectivity index (χ4v) is 4.05. The molecule has 0 unspecified atom stereocenters. The molecule has 8 heteroatoms. The van der Waals surface area contributed by atoms with E-state index in [0.29, 0.717) is 0 Å². The van der Waals surface area contributed by atoms with Crippen LogP contribution in [0.3, 0.4) is 0 Å². The predicted octanol–water partition coefficient (Wildman–Crippen LogP) is 0.651. The summed E-state index contributed by atoms with van der Waals surface area (Å²) < 4.78 is 7.72. The maximum absolute atomic E-state index is 5.63. The number of nitrogens with zero attached hydrogens (tertiary/aromatic N) is 5. The van der Waals surface area contributed by atoms with Crippen LogP contribution in [0.5, 0.6) is 0 Å². The van der Waals surface area contributed by atoms with Gasteiger partial charge in [0.2, 0.25) is 0 Å². The van der Waals surface area contributed by atoms with E-state index in [9.17, 15) is 0 Å². The molecule has 0 radical (unpaired) electrons. The van der Waals surface area contributed by atoms with Crippen LogP contribution in [0.15, 0.2) is 11.3 Å². The molecule has 26 heavy (non-hydrogen) atoms. The number of ether oxygens (including phenoxy) is 1. The highest BCUT2D eigenvalue weighted by molar-refractivity contribution is 5.79. The Bertz CT molecular complexity index is 574. The number of aryl methyl sites for hydroxylation is 1. The number of hydrogen-bond acceptors (Lipinski definition) is 5. The van der Waals surface area contributed by atoms with Crippen molar-refractivity contribution in [3.05, 3.63) is 12.2 Å². The smallest absolute Gasteiger partial charge is 0.191 e. The highest BCUT2D eigenvalue weighted by atomic mass is 16.5. The van der Waals surface area contributed by atoms with Gasteiger partial charge < -0.3 is 19.9 Å². The number of rotatable bonds is 7. The highest BCUT2D eigenvalue weighted by Crippen LogP contribution is 2.30. The summed E-state index contributed by atoms with van der Waals surface area (Å²) in [5.74, 6) is 1.88. The average Bonchev–Trinajstić information content (AvgIpc) is 3.37. The van der Waals surface area contributed by atoms with Gasteiger partial charge in [0.05, 0.1) is 0 Å². The Morgan fingerprint density at radius 2 is 2.04 bits per heavy atom. The molecular weight excluding hydrogens is 330 g/mol. The van der Waals surface area contributed by atoms with Crippen LogP contribution in [-0.2, 0) is 17.7 Å². The largest absolute Gasteiger partial charge is 0.381 e. The minimum absolute atomic E-state index is 0.204. The van der Waals surface area contributed by atoms with Crippen molar-refractivity contribution >= 4 is 5.96 Å². The second-order valence-corrected chi connectivity index (χ2v) is 7.18. The average molecular weight is 364 g/mol. The lowest BCUT2D eigenvalue weighted by atomic mass is 9.88. The molecule has 0 amide bonds. The summed E-state index contributed by atoms with van der Waals surface area (Å²) in [7, 11) is 1.83. The molecule has 2 aliphatic heterocycles. The number of guanidine groups is 1. The maximum Gasteiger partial charge on any atom is 0.191 e. The standard InChI is InChI=1S/C18H33N7O/c1-3-16-23-22-15-24(16)11-8-20-17(19-2)21-14-18(6-12-26-13-7-18)25-9-4-5-10-25/h15H,3-14H2,1-2H3,(H2,19,20,21). The lowest BCUT2D eigenvalue weighted by Crippen LogP contribution is -2.58. The molecule has 2 aliphatic rings. The summed E-state index contributed by atoms with van der Waals surface area (Å²) in [6, 6.07) is 0. The van der Waals surface area contributed by atoms with Gasteiger partial charge in [0.25, 0.3) is 0 Å². The Morgan fingerprint density at radius 3 is 2.73 bits per heavy atom. The van der Waals surface area contributed by atoms with Gasteiger partial charge in [-0.15, -0.1) is 10.2 Å². The summed E-state index contributed by atoms with van der Waals surface area (Å²) in [5.41, 5.74) is 0.204. The van der Waals surface area contributed by atoms with Gasteiger partial charge >= 0.3 is 0 Å². The van der Waals surface area contributed by atoms with E-state index in [-0.39, 0.29) is 5.54 Å². The molecule has 0 aliphatic carbocycles. The van der Waals surface area contributed by atoms with Crippen LogP contribution in [0, 0.1) is 0 Å². The van der Waals surface area contributed by atoms with Crippen molar-refractivity contribution in [1.82, 2.24) is 30.3 Å². The molecule has 2 saturated heterocycles. The lowest BCUT2D eigenvalue weighted by Gasteiger charge is -2.45. The first-order valence-electron chi connectivity index (χ1n) is 9.91. The third kappa shape index (κ3) is 4.54. The summed E-state index contributed by atoms with van der Waals surface area (Å²) in [4.78, 5) is 7.06. The van der Waals surface area contributed by atoms with Gasteiger partial charge in [-0.3, -0.25) is 9.89 Å². The van der Waals surface area contributed by atoms with Crippen molar-refractivity contribution in [2.75, 3.05) is 46.4 Å². The zero-order valence-electron chi connectivity index (χ0n) is 16.2. The number of aromatic nitrogens is 3. The first-order chi connectivity index (χ1) is 12.8. The molecule has 2 fully saturated rings. The molecule has 3 heterocycles. The molecular formula is C18H33N7O. The predicted molar refractivity (Wildman–Crippen MR) is 102 cm³/mol. The van der Waals surface area contributed by atoms with Gasteiger partial charge in [-0.1, -0.05) is 6.92 Å². The fraction of sp³-hybridized carbons (Fsp3) is 0.833. The Balaban J connectivity index is 1.50. The summed E-state index contributed by atoms with van der Waals surface area (Å²) >= 11 is 0. The van der Waals surface area contributed by atoms with Crippen LogP contribution in [0.2, 0.25) is 0 Å². The van der Waals surface area contributed by atoms with Crippen LogP contribution in [0.25, 0.3) is 0 Å². The Kier molecular flexibility index (Phi) is 6.85. The SMILES string of the molecule is CCc1nncn1CCNC(=NC)NCC1(N2CCCC2)CCOCC1. The van der Waals surface area contributed by atoms with Crippen LogP contribution in [-0.4, -0.2) is 77.6 Å². The van der Waals surface area contributed by atoms with E-state index in [1.54, 1.807) is 6.33 Å². The van der Waals surface area contributed by atoms with E-state index < -0.39 is 0 Å². The van der Waals surface area contributed by atoms with Crippen LogP contribution in [0.1, 0.15) is 38.4 Å². The van der Waals surface area contributed by atoms with Crippen molar-refractivity contribution < 1.29 is 4.74 Å². The minimum atomic E-state index is 0.204. The number of likely N-dealkylation sites (tertiary alicyclic amines) is 1. The molecule has 0 spiro atoms. The van der Waals surface area contributed by atoms with Crippen molar-refractivity contribution in [1.29, 1.82) is 0 Å². The third-order valence-electron chi connectivity index (χ3n) is 5.67. The molecule has 3 rings (SSSR count). The van der Waals surface area contributed by atoms with Gasteiger partial charge in [-0.05, 0) is 38.8 Å². The van der Waals surface area contributed by atoms with Crippen molar-refractivity contribution in [2.45, 2.75) is 51.1 Å². The van der Waals surface area contributed by atoms with Gasteiger partial charge in [0.1, 0.15) is 12.2 Å². The van der Waals surface area contributed by atoms with E-state index in [2.05, 4.69) is 42.2 Å². The number of aliphatic imine (C=N–C) groups is 1. The quantitative estimate of drug-likeness (QED) is 0.547. The van der Waals surface area contributed by atoms with Gasteiger partial charge in [0, 0.05) is 51.9 Å². The summed E-state index contributed by atoms with van der Waals surface area (Å²) in [6.45, 7) is 8.78. The van der Waals surface area contributed by atoms with Gasteiger partial charge in [-0.25, -0.2) is 0 Å². The van der Waals surface area contributed by atoms with Gasteiger partial charge in [-0.2, -0.15) is 0 Å². The van der Waals surface area contributed by atoms with Crippen molar-refractivity contribution in [3.8, 4) is 0 Å². The highest BCUT2D eigenvalue weighted by Gasteiger charge is 2.39. The van der Waals surface area contributed by atoms with E-state index in [4.69, 9.17) is 4.74 Å². The van der Waals surface area contributed by atoms with E-state index in [1.165, 1.54) is 25.9 Å². The van der Waals surface area contributed by atoms with Crippen LogP contribution >= 0.6 is 0 Å². The number of nitrogens with one attached hydrogen (secondary N) is 2. The molecule has 0 atom stereocenters. The third-order valence-corrected chi connectivity index (χ3v) is 5.67. The molecule has 146 valence electrons. The van der Waals surface area contributed by atoms with Crippen LogP contribution < -0.4 is 10.6 Å². The zero-order valence-corrected chi connectivity index (χ0v) is 16.2. The van der Waals surface area contributed by atoms with E-state index in [0.717, 1.165) is 63.9 Å². The van der Waals surface area contributed by atoms with E-state index in [1.807, 2.05) is 7.05 Å². The first-order valence-corrected chi connectivity index (χ1v) is 9.91. The number of hydrogen-bond donors (Lipinski definition) is 2. The second-order valence-electron chi connectivity index (χ2n) is 7.18. The Hall–Kier alpha value is -1.67. The van der Waals surface area contributed by atoms with Crippen LogP contribution in [0.4, 0.5) is 0 Å². The van der Waals surface area contributed by atoms with Gasteiger partial charge in [0.15, 0.2) is 5.96 Å². The van der Waals surface area contributed by atoms with Crippen molar-refractivity contribution in [3.63, 3.8) is 0 Å². The Morgan fingerprint density at radius 1 is 1.27 bits per heavy atom. The normalized spacial score (nSPS) is 21.1. The second kappa shape index (κ2) is 9.32. The molecule has 0 aromatic carbocycles. The zero-order chi connectivity index (χ0) is 18.2. The molecule has 1 aromatic rings. The lowest BCUT2D eigenvalue weighted by molar-refractivity contribution is -0.0164. The molecule has 1 aromatic heterocycles. The maximum atomic E-state index is 5.63. The topological polar surface area (TPSA) is 79.6 Å². The summed E-state index contributed by atoms with van der Waals surface area (Å²) in [5, 5.41) is 15.1. The molecule has 0 bridgehead atoms. The molecule has 0 saturated carbocycles. The molecule has 2 N–H and O–H groups in total. The summed E-state index contributed by atoms with van der Waals surface area (Å²) in [6.07, 6.45) is 7.51. The minimum Gasteiger partial charge on any atom is -0.381 e. The van der Waals surface area contributed by atoms with E-state index >= 15 is 0 Å². The first kappa shape index (κ1) is 19.1. The molecule has 8 nitrogen and oxygen atoms in total. The fourth-order valence-electron chi connectivity index (χ4n) is 4.05. The Labute approximate surface area is 156 Å². The van der Waals surface area contributed by atoms with Crippen molar-refractivity contribution in [2.24, 2.45) is 4.99 Å². The monoisotopic (exact) mass is 363 g/mol.